The van der Waals surface area contributed by atoms with Gasteiger partial charge in [0.15, 0.2) is 0 Å². The highest BCUT2D eigenvalue weighted by molar-refractivity contribution is 8.00. The van der Waals surface area contributed by atoms with Gasteiger partial charge in [-0.05, 0) is 49.4 Å². The van der Waals surface area contributed by atoms with Crippen LogP contribution in [0.25, 0.3) is 0 Å². The molecule has 0 heterocycles. The lowest BCUT2D eigenvalue weighted by Crippen LogP contribution is -2.25. The first-order chi connectivity index (χ1) is 12.2. The van der Waals surface area contributed by atoms with E-state index in [-0.39, 0.29) is 11.2 Å². The van der Waals surface area contributed by atoms with Crippen molar-refractivity contribution in [1.82, 2.24) is 0 Å². The topological polar surface area (TPSA) is 75.7 Å². The summed E-state index contributed by atoms with van der Waals surface area (Å²) in [6.07, 6.45) is 1.13. The number of benzene rings is 2. The molecule has 140 valence electrons. The molecule has 2 aromatic rings. The Labute approximate surface area is 158 Å². The van der Waals surface area contributed by atoms with Gasteiger partial charge in [0.05, 0.1) is 24.3 Å². The standard InChI is InChI=1S/C18H22N2O4S2/c1-13(25-17-10-8-16(24-3)9-11-17)18(21)19-14-6-5-7-15(12-14)20(2)26(4,22)23/h5-13H,1-4H3,(H,19,21)/t13-/m0/s1. The summed E-state index contributed by atoms with van der Waals surface area (Å²) in [6.45, 7) is 1.82. The summed E-state index contributed by atoms with van der Waals surface area (Å²) in [5.41, 5.74) is 1.03. The lowest BCUT2D eigenvalue weighted by atomic mass is 10.2. The third kappa shape index (κ3) is 5.40. The Balaban J connectivity index is 2.04. The summed E-state index contributed by atoms with van der Waals surface area (Å²) < 4.78 is 29.6. The highest BCUT2D eigenvalue weighted by Crippen LogP contribution is 2.27. The van der Waals surface area contributed by atoms with Crippen LogP contribution in [0.15, 0.2) is 53.4 Å². The number of methoxy groups -OCH3 is 1. The van der Waals surface area contributed by atoms with Gasteiger partial charge in [-0.3, -0.25) is 9.10 Å². The van der Waals surface area contributed by atoms with Gasteiger partial charge in [0, 0.05) is 17.6 Å². The third-order valence-electron chi connectivity index (χ3n) is 3.72. The SMILES string of the molecule is COc1ccc(S[C@@H](C)C(=O)Nc2cccc(N(C)S(C)(=O)=O)c2)cc1. The van der Waals surface area contributed by atoms with Crippen LogP contribution in [0.2, 0.25) is 0 Å². The Bertz CT molecular complexity index is 867. The van der Waals surface area contributed by atoms with E-state index in [2.05, 4.69) is 5.32 Å². The monoisotopic (exact) mass is 394 g/mol. The highest BCUT2D eigenvalue weighted by atomic mass is 32.2. The largest absolute Gasteiger partial charge is 0.497 e. The number of sulfonamides is 1. The summed E-state index contributed by atoms with van der Waals surface area (Å²) in [4.78, 5) is 13.4. The summed E-state index contributed by atoms with van der Waals surface area (Å²) in [5.74, 6) is 0.600. The number of hydrogen-bond donors (Lipinski definition) is 1. The maximum absolute atomic E-state index is 12.4. The molecule has 26 heavy (non-hydrogen) atoms. The molecule has 0 aromatic heterocycles. The van der Waals surface area contributed by atoms with Crippen molar-refractivity contribution in [1.29, 1.82) is 0 Å². The van der Waals surface area contributed by atoms with E-state index in [0.717, 1.165) is 21.2 Å². The van der Waals surface area contributed by atoms with Gasteiger partial charge in [0.25, 0.3) is 0 Å². The van der Waals surface area contributed by atoms with Crippen LogP contribution in [0.4, 0.5) is 11.4 Å². The lowest BCUT2D eigenvalue weighted by molar-refractivity contribution is -0.115. The Morgan fingerprint density at radius 2 is 1.85 bits per heavy atom. The van der Waals surface area contributed by atoms with Gasteiger partial charge in [-0.15, -0.1) is 11.8 Å². The first kappa shape index (κ1) is 20.1. The Morgan fingerprint density at radius 3 is 2.42 bits per heavy atom. The van der Waals surface area contributed by atoms with E-state index in [4.69, 9.17) is 4.74 Å². The summed E-state index contributed by atoms with van der Waals surface area (Å²) in [5, 5.41) is 2.51. The van der Waals surface area contributed by atoms with E-state index >= 15 is 0 Å². The number of nitrogens with one attached hydrogen (secondary N) is 1. The van der Waals surface area contributed by atoms with Gasteiger partial charge < -0.3 is 10.1 Å². The number of carbonyl (C=O) groups is 1. The zero-order valence-corrected chi connectivity index (χ0v) is 16.7. The van der Waals surface area contributed by atoms with E-state index in [1.54, 1.807) is 31.4 Å². The molecule has 0 aliphatic heterocycles. The molecule has 8 heteroatoms. The van der Waals surface area contributed by atoms with Gasteiger partial charge in [-0.25, -0.2) is 8.42 Å². The fraction of sp³-hybridized carbons (Fsp3) is 0.278. The molecular formula is C18H22N2O4S2. The molecule has 0 unspecified atom stereocenters. The van der Waals surface area contributed by atoms with Gasteiger partial charge in [0.2, 0.25) is 15.9 Å². The molecule has 0 saturated heterocycles. The summed E-state index contributed by atoms with van der Waals surface area (Å²) >= 11 is 1.43. The van der Waals surface area contributed by atoms with E-state index in [9.17, 15) is 13.2 Å². The zero-order valence-electron chi connectivity index (χ0n) is 15.1. The Hall–Kier alpha value is -2.19. The van der Waals surface area contributed by atoms with Gasteiger partial charge in [-0.2, -0.15) is 0 Å². The molecule has 0 bridgehead atoms. The molecule has 0 radical (unpaired) electrons. The lowest BCUT2D eigenvalue weighted by Gasteiger charge is -2.18. The number of nitrogens with zero attached hydrogens (tertiary/aromatic N) is 1. The summed E-state index contributed by atoms with van der Waals surface area (Å²) in [7, 11) is -0.282. The Morgan fingerprint density at radius 1 is 1.19 bits per heavy atom. The third-order valence-corrected chi connectivity index (χ3v) is 6.03. The van der Waals surface area contributed by atoms with Crippen LogP contribution in [0.5, 0.6) is 5.75 Å². The number of anilines is 2. The average molecular weight is 395 g/mol. The molecule has 1 atom stereocenters. The number of ether oxygens (including phenoxy) is 1. The molecule has 1 amide bonds. The van der Waals surface area contributed by atoms with Crippen molar-refractivity contribution in [3.05, 3.63) is 48.5 Å². The van der Waals surface area contributed by atoms with E-state index < -0.39 is 10.0 Å². The van der Waals surface area contributed by atoms with Crippen molar-refractivity contribution < 1.29 is 17.9 Å². The van der Waals surface area contributed by atoms with Crippen molar-refractivity contribution in [3.63, 3.8) is 0 Å². The van der Waals surface area contributed by atoms with Crippen LogP contribution in [0, 0.1) is 0 Å². The number of rotatable bonds is 7. The van der Waals surface area contributed by atoms with Crippen LogP contribution in [0.3, 0.4) is 0 Å². The van der Waals surface area contributed by atoms with Crippen molar-refractivity contribution in [2.45, 2.75) is 17.1 Å². The van der Waals surface area contributed by atoms with E-state index in [1.165, 1.54) is 18.8 Å². The number of carbonyl (C=O) groups excluding carboxylic acids is 1. The molecule has 1 N–H and O–H groups in total. The number of thioether (sulfide) groups is 1. The number of hydrogen-bond acceptors (Lipinski definition) is 5. The molecule has 2 rings (SSSR count). The predicted molar refractivity (Wildman–Crippen MR) is 107 cm³/mol. The highest BCUT2D eigenvalue weighted by Gasteiger charge is 2.16. The van der Waals surface area contributed by atoms with Crippen molar-refractivity contribution >= 4 is 39.1 Å². The molecule has 0 spiro atoms. The van der Waals surface area contributed by atoms with Crippen LogP contribution < -0.4 is 14.4 Å². The molecule has 2 aromatic carbocycles. The van der Waals surface area contributed by atoms with E-state index in [0.29, 0.717) is 11.4 Å². The fourth-order valence-corrected chi connectivity index (χ4v) is 3.49. The zero-order chi connectivity index (χ0) is 19.3. The normalized spacial score (nSPS) is 12.3. The van der Waals surface area contributed by atoms with Gasteiger partial charge in [-0.1, -0.05) is 6.07 Å². The van der Waals surface area contributed by atoms with Crippen LogP contribution >= 0.6 is 11.8 Å². The minimum atomic E-state index is -3.36. The molecule has 0 aliphatic rings. The second kappa shape index (κ2) is 8.46. The van der Waals surface area contributed by atoms with Crippen molar-refractivity contribution in [3.8, 4) is 5.75 Å². The minimum absolute atomic E-state index is 0.162. The van der Waals surface area contributed by atoms with Gasteiger partial charge >= 0.3 is 0 Å². The number of amides is 1. The Kier molecular flexibility index (Phi) is 6.55. The smallest absolute Gasteiger partial charge is 0.237 e. The first-order valence-corrected chi connectivity index (χ1v) is 10.6. The molecule has 0 fully saturated rings. The van der Waals surface area contributed by atoms with Crippen LogP contribution in [-0.2, 0) is 14.8 Å². The second-order valence-corrected chi connectivity index (χ2v) is 9.13. The van der Waals surface area contributed by atoms with Crippen LogP contribution in [0.1, 0.15) is 6.92 Å². The fourth-order valence-electron chi connectivity index (χ4n) is 2.13. The van der Waals surface area contributed by atoms with Crippen molar-refractivity contribution in [2.24, 2.45) is 0 Å². The molecule has 6 nitrogen and oxygen atoms in total. The van der Waals surface area contributed by atoms with E-state index in [1.807, 2.05) is 31.2 Å². The average Bonchev–Trinajstić information content (AvgIpc) is 2.61. The van der Waals surface area contributed by atoms with Gasteiger partial charge in [0.1, 0.15) is 5.75 Å². The maximum Gasteiger partial charge on any atom is 0.237 e. The first-order valence-electron chi connectivity index (χ1n) is 7.86. The second-order valence-electron chi connectivity index (χ2n) is 5.71. The molecule has 0 saturated carbocycles. The molecular weight excluding hydrogens is 372 g/mol. The maximum atomic E-state index is 12.4. The minimum Gasteiger partial charge on any atom is -0.497 e. The predicted octanol–water partition coefficient (Wildman–Crippen LogP) is 3.21. The quantitative estimate of drug-likeness (QED) is 0.730. The van der Waals surface area contributed by atoms with Crippen LogP contribution in [-0.4, -0.2) is 40.0 Å². The van der Waals surface area contributed by atoms with Crippen molar-refractivity contribution in [2.75, 3.05) is 30.0 Å². The summed E-state index contributed by atoms with van der Waals surface area (Å²) in [6, 6.07) is 14.2. The molecule has 0 aliphatic carbocycles.